The number of rotatable bonds is 0. The molecule has 0 radical (unpaired) electrons. The summed E-state index contributed by atoms with van der Waals surface area (Å²) in [6.45, 7) is 0.451. The fraction of sp³-hybridized carbons (Fsp3) is 0.300. The van der Waals surface area contributed by atoms with Gasteiger partial charge in [0.05, 0.1) is 12.3 Å². The highest BCUT2D eigenvalue weighted by Crippen LogP contribution is 2.27. The molecular formula is C10H10FNO2. The number of ether oxygens (including phenoxy) is 1. The van der Waals surface area contributed by atoms with Gasteiger partial charge in [0.25, 0.3) is 0 Å². The molecule has 0 saturated heterocycles. The van der Waals surface area contributed by atoms with Crippen LogP contribution in [0.4, 0.5) is 4.39 Å². The number of oxime groups is 1. The first kappa shape index (κ1) is 8.99. The maximum absolute atomic E-state index is 13.3. The SMILES string of the molecule is ON=C1CCCOc2c(F)cccc21. The van der Waals surface area contributed by atoms with E-state index < -0.39 is 5.82 Å². The van der Waals surface area contributed by atoms with Crippen molar-refractivity contribution in [1.82, 2.24) is 0 Å². The highest BCUT2D eigenvalue weighted by Gasteiger charge is 2.18. The smallest absolute Gasteiger partial charge is 0.165 e. The molecule has 0 saturated carbocycles. The summed E-state index contributed by atoms with van der Waals surface area (Å²) in [6, 6.07) is 4.60. The highest BCUT2D eigenvalue weighted by molar-refractivity contribution is 6.02. The number of hydrogen-bond donors (Lipinski definition) is 1. The zero-order chi connectivity index (χ0) is 9.97. The average molecular weight is 195 g/mol. The van der Waals surface area contributed by atoms with Crippen LogP contribution in [0.5, 0.6) is 5.75 Å². The Morgan fingerprint density at radius 3 is 3.07 bits per heavy atom. The van der Waals surface area contributed by atoms with Crippen LogP contribution in [0.15, 0.2) is 23.4 Å². The molecule has 0 atom stereocenters. The second kappa shape index (κ2) is 3.65. The molecule has 2 rings (SSSR count). The largest absolute Gasteiger partial charge is 0.490 e. The minimum atomic E-state index is -0.412. The fourth-order valence-electron chi connectivity index (χ4n) is 1.54. The maximum atomic E-state index is 13.3. The summed E-state index contributed by atoms with van der Waals surface area (Å²) in [5, 5.41) is 11.9. The summed E-state index contributed by atoms with van der Waals surface area (Å²) < 4.78 is 18.5. The van der Waals surface area contributed by atoms with E-state index in [1.165, 1.54) is 6.07 Å². The van der Waals surface area contributed by atoms with Crippen molar-refractivity contribution in [2.24, 2.45) is 5.16 Å². The van der Waals surface area contributed by atoms with Gasteiger partial charge in [-0.2, -0.15) is 0 Å². The Morgan fingerprint density at radius 2 is 2.29 bits per heavy atom. The minimum Gasteiger partial charge on any atom is -0.490 e. The van der Waals surface area contributed by atoms with Gasteiger partial charge in [0.1, 0.15) is 0 Å². The molecule has 3 nitrogen and oxygen atoms in total. The quantitative estimate of drug-likeness (QED) is 0.509. The van der Waals surface area contributed by atoms with Crippen LogP contribution < -0.4 is 4.74 Å². The van der Waals surface area contributed by atoms with Gasteiger partial charge in [-0.3, -0.25) is 0 Å². The van der Waals surface area contributed by atoms with Crippen LogP contribution >= 0.6 is 0 Å². The molecule has 0 amide bonds. The zero-order valence-corrected chi connectivity index (χ0v) is 7.53. The van der Waals surface area contributed by atoms with E-state index in [2.05, 4.69) is 5.16 Å². The molecule has 1 aliphatic rings. The fourth-order valence-corrected chi connectivity index (χ4v) is 1.54. The number of benzene rings is 1. The lowest BCUT2D eigenvalue weighted by molar-refractivity contribution is 0.301. The summed E-state index contributed by atoms with van der Waals surface area (Å²) in [5.41, 5.74) is 1.03. The third-order valence-corrected chi connectivity index (χ3v) is 2.20. The molecule has 1 N–H and O–H groups in total. The molecule has 1 aliphatic heterocycles. The first-order chi connectivity index (χ1) is 6.83. The van der Waals surface area contributed by atoms with E-state index in [1.807, 2.05) is 0 Å². The van der Waals surface area contributed by atoms with Crippen molar-refractivity contribution in [2.45, 2.75) is 12.8 Å². The maximum Gasteiger partial charge on any atom is 0.165 e. The number of para-hydroxylation sites is 1. The molecular weight excluding hydrogens is 185 g/mol. The molecule has 0 bridgehead atoms. The van der Waals surface area contributed by atoms with Gasteiger partial charge < -0.3 is 9.94 Å². The predicted molar refractivity (Wildman–Crippen MR) is 49.5 cm³/mol. The molecule has 74 valence electrons. The van der Waals surface area contributed by atoms with Crippen molar-refractivity contribution in [3.05, 3.63) is 29.6 Å². The number of halogens is 1. The van der Waals surface area contributed by atoms with Gasteiger partial charge >= 0.3 is 0 Å². The van der Waals surface area contributed by atoms with E-state index >= 15 is 0 Å². The molecule has 0 spiro atoms. The van der Waals surface area contributed by atoms with Gasteiger partial charge in [-0.15, -0.1) is 0 Å². The van der Waals surface area contributed by atoms with Crippen LogP contribution in [0.2, 0.25) is 0 Å². The Kier molecular flexibility index (Phi) is 2.35. The third kappa shape index (κ3) is 1.43. The Labute approximate surface area is 80.8 Å². The Hall–Kier alpha value is -1.58. The highest BCUT2D eigenvalue weighted by atomic mass is 19.1. The topological polar surface area (TPSA) is 41.8 Å². The molecule has 1 aromatic carbocycles. The number of fused-ring (bicyclic) bond motifs is 1. The normalized spacial score (nSPS) is 18.5. The van der Waals surface area contributed by atoms with Gasteiger partial charge in [0, 0.05) is 5.56 Å². The number of hydrogen-bond acceptors (Lipinski definition) is 3. The van der Waals surface area contributed by atoms with Crippen molar-refractivity contribution in [3.63, 3.8) is 0 Å². The van der Waals surface area contributed by atoms with Gasteiger partial charge in [0.2, 0.25) is 0 Å². The Morgan fingerprint density at radius 1 is 1.43 bits per heavy atom. The minimum absolute atomic E-state index is 0.192. The second-order valence-electron chi connectivity index (χ2n) is 3.12. The zero-order valence-electron chi connectivity index (χ0n) is 7.53. The lowest BCUT2D eigenvalue weighted by Crippen LogP contribution is -2.00. The van der Waals surface area contributed by atoms with Crippen LogP contribution in [0.3, 0.4) is 0 Å². The summed E-state index contributed by atoms with van der Waals surface area (Å²) in [5.74, 6) is -0.219. The summed E-state index contributed by atoms with van der Waals surface area (Å²) in [7, 11) is 0. The third-order valence-electron chi connectivity index (χ3n) is 2.20. The monoisotopic (exact) mass is 195 g/mol. The molecule has 14 heavy (non-hydrogen) atoms. The van der Waals surface area contributed by atoms with E-state index in [-0.39, 0.29) is 5.75 Å². The van der Waals surface area contributed by atoms with Crippen LogP contribution in [0, 0.1) is 5.82 Å². The Bertz CT molecular complexity index is 376. The van der Waals surface area contributed by atoms with Gasteiger partial charge in [-0.05, 0) is 25.0 Å². The van der Waals surface area contributed by atoms with Crippen molar-refractivity contribution in [3.8, 4) is 5.75 Å². The van der Waals surface area contributed by atoms with Gasteiger partial charge in [-0.1, -0.05) is 11.2 Å². The second-order valence-corrected chi connectivity index (χ2v) is 3.12. The van der Waals surface area contributed by atoms with Crippen LogP contribution in [0.1, 0.15) is 18.4 Å². The first-order valence-electron chi connectivity index (χ1n) is 4.45. The van der Waals surface area contributed by atoms with Crippen molar-refractivity contribution in [1.29, 1.82) is 0 Å². The lowest BCUT2D eigenvalue weighted by Gasteiger charge is -2.07. The molecule has 4 heteroatoms. The van der Waals surface area contributed by atoms with Crippen molar-refractivity contribution in [2.75, 3.05) is 6.61 Å². The van der Waals surface area contributed by atoms with E-state index in [4.69, 9.17) is 9.94 Å². The predicted octanol–water partition coefficient (Wildman–Crippen LogP) is 2.18. The summed E-state index contributed by atoms with van der Waals surface area (Å²) in [6.07, 6.45) is 1.33. The molecule has 0 unspecified atom stereocenters. The van der Waals surface area contributed by atoms with Crippen LogP contribution in [-0.2, 0) is 0 Å². The lowest BCUT2D eigenvalue weighted by atomic mass is 10.1. The van der Waals surface area contributed by atoms with E-state index in [1.54, 1.807) is 12.1 Å². The van der Waals surface area contributed by atoms with E-state index in [0.717, 1.165) is 6.42 Å². The van der Waals surface area contributed by atoms with Crippen molar-refractivity contribution < 1.29 is 14.3 Å². The number of nitrogens with zero attached hydrogens (tertiary/aromatic N) is 1. The Balaban J connectivity index is 2.55. The van der Waals surface area contributed by atoms with Gasteiger partial charge in [-0.25, -0.2) is 4.39 Å². The van der Waals surface area contributed by atoms with E-state index in [0.29, 0.717) is 24.3 Å². The standard InChI is InChI=1S/C10H10FNO2/c11-8-4-1-3-7-9(12-13)5-2-6-14-10(7)8/h1,3-4,13H,2,5-6H2. The summed E-state index contributed by atoms with van der Waals surface area (Å²) in [4.78, 5) is 0. The summed E-state index contributed by atoms with van der Waals surface area (Å²) >= 11 is 0. The van der Waals surface area contributed by atoms with Gasteiger partial charge in [0.15, 0.2) is 11.6 Å². The first-order valence-corrected chi connectivity index (χ1v) is 4.45. The molecule has 0 fully saturated rings. The average Bonchev–Trinajstić information content (AvgIpc) is 2.40. The van der Waals surface area contributed by atoms with E-state index in [9.17, 15) is 4.39 Å². The molecule has 0 aromatic heterocycles. The van der Waals surface area contributed by atoms with Crippen LogP contribution in [-0.4, -0.2) is 17.5 Å². The van der Waals surface area contributed by atoms with Crippen LogP contribution in [0.25, 0.3) is 0 Å². The molecule has 1 heterocycles. The van der Waals surface area contributed by atoms with Crippen molar-refractivity contribution >= 4 is 5.71 Å². The molecule has 1 aromatic rings. The molecule has 0 aliphatic carbocycles.